The van der Waals surface area contributed by atoms with E-state index in [1.807, 2.05) is 13.8 Å². The van der Waals surface area contributed by atoms with Crippen molar-refractivity contribution < 1.29 is 13.2 Å². The number of anilines is 1. The fourth-order valence-corrected chi connectivity index (χ4v) is 2.14. The van der Waals surface area contributed by atoms with Crippen LogP contribution in [0, 0.1) is 17.5 Å². The first kappa shape index (κ1) is 12.2. The van der Waals surface area contributed by atoms with Crippen molar-refractivity contribution in [3.05, 3.63) is 29.6 Å². The molecule has 0 saturated carbocycles. The summed E-state index contributed by atoms with van der Waals surface area (Å²) < 4.78 is 40.1. The molecule has 0 spiro atoms. The molecule has 0 aliphatic carbocycles. The van der Waals surface area contributed by atoms with Gasteiger partial charge in [-0.05, 0) is 13.8 Å². The van der Waals surface area contributed by atoms with Crippen LogP contribution in [0.25, 0.3) is 0 Å². The highest BCUT2D eigenvalue weighted by atomic mass is 19.1. The second-order valence-electron chi connectivity index (χ2n) is 4.53. The Hall–Kier alpha value is -1.23. The van der Waals surface area contributed by atoms with E-state index in [9.17, 15) is 13.2 Å². The molecule has 0 bridgehead atoms. The summed E-state index contributed by atoms with van der Waals surface area (Å²) in [4.78, 5) is 1.64. The Bertz CT molecular complexity index is 399. The highest BCUT2D eigenvalue weighted by Crippen LogP contribution is 2.27. The fourth-order valence-electron chi connectivity index (χ4n) is 2.14. The maximum atomic E-state index is 13.7. The van der Waals surface area contributed by atoms with Crippen LogP contribution in [0.3, 0.4) is 0 Å². The van der Waals surface area contributed by atoms with Crippen LogP contribution in [0.2, 0.25) is 0 Å². The molecule has 5 heteroatoms. The molecule has 1 saturated heterocycles. The summed E-state index contributed by atoms with van der Waals surface area (Å²) in [5.41, 5.74) is -0.132. The van der Waals surface area contributed by atoms with Crippen molar-refractivity contribution >= 4 is 5.69 Å². The second-order valence-corrected chi connectivity index (χ2v) is 4.53. The summed E-state index contributed by atoms with van der Waals surface area (Å²) in [6, 6.07) is 1.56. The van der Waals surface area contributed by atoms with Crippen LogP contribution in [-0.2, 0) is 0 Å². The lowest BCUT2D eigenvalue weighted by Crippen LogP contribution is -2.55. The largest absolute Gasteiger partial charge is 0.361 e. The summed E-state index contributed by atoms with van der Waals surface area (Å²) in [6.45, 7) is 4.97. The van der Waals surface area contributed by atoms with E-state index in [2.05, 4.69) is 5.32 Å². The van der Waals surface area contributed by atoms with Gasteiger partial charge in [0.15, 0.2) is 11.6 Å². The lowest BCUT2D eigenvalue weighted by Gasteiger charge is -2.39. The first-order chi connectivity index (χ1) is 7.99. The minimum atomic E-state index is -0.889. The van der Waals surface area contributed by atoms with Crippen molar-refractivity contribution in [1.29, 1.82) is 0 Å². The van der Waals surface area contributed by atoms with E-state index in [1.54, 1.807) is 4.90 Å². The van der Waals surface area contributed by atoms with E-state index in [0.717, 1.165) is 12.1 Å². The summed E-state index contributed by atoms with van der Waals surface area (Å²) in [5, 5.41) is 3.22. The molecule has 0 radical (unpaired) electrons. The molecular formula is C12H15F3N2. The molecule has 17 heavy (non-hydrogen) atoms. The maximum absolute atomic E-state index is 13.7. The van der Waals surface area contributed by atoms with Gasteiger partial charge < -0.3 is 10.2 Å². The number of nitrogens with zero attached hydrogens (tertiary/aromatic N) is 1. The molecule has 2 rings (SSSR count). The number of rotatable bonds is 1. The van der Waals surface area contributed by atoms with E-state index in [-0.39, 0.29) is 17.8 Å². The Morgan fingerprint density at radius 2 is 1.76 bits per heavy atom. The van der Waals surface area contributed by atoms with Gasteiger partial charge in [0.05, 0.1) is 0 Å². The monoisotopic (exact) mass is 244 g/mol. The molecule has 1 aromatic carbocycles. The molecule has 2 atom stereocenters. The van der Waals surface area contributed by atoms with Gasteiger partial charge in [0, 0.05) is 37.3 Å². The van der Waals surface area contributed by atoms with Crippen LogP contribution in [-0.4, -0.2) is 25.2 Å². The number of benzene rings is 1. The minimum Gasteiger partial charge on any atom is -0.361 e. The third kappa shape index (κ3) is 2.39. The van der Waals surface area contributed by atoms with Crippen molar-refractivity contribution in [3.63, 3.8) is 0 Å². The van der Waals surface area contributed by atoms with Gasteiger partial charge in [0.25, 0.3) is 0 Å². The van der Waals surface area contributed by atoms with Crippen LogP contribution in [0.5, 0.6) is 0 Å². The van der Waals surface area contributed by atoms with Gasteiger partial charge >= 0.3 is 0 Å². The van der Waals surface area contributed by atoms with Crippen LogP contribution in [0.4, 0.5) is 18.9 Å². The molecule has 1 heterocycles. The van der Waals surface area contributed by atoms with E-state index < -0.39 is 17.5 Å². The Kier molecular flexibility index (Phi) is 3.28. The lowest BCUT2D eigenvalue weighted by molar-refractivity contribution is 0.413. The van der Waals surface area contributed by atoms with Gasteiger partial charge in [-0.3, -0.25) is 0 Å². The van der Waals surface area contributed by atoms with Gasteiger partial charge in [-0.25, -0.2) is 13.2 Å². The normalized spacial score (nSPS) is 25.1. The lowest BCUT2D eigenvalue weighted by atomic mass is 10.1. The molecule has 2 nitrogen and oxygen atoms in total. The molecule has 1 aliphatic heterocycles. The minimum absolute atomic E-state index is 0.0272. The predicted molar refractivity (Wildman–Crippen MR) is 60.6 cm³/mol. The summed E-state index contributed by atoms with van der Waals surface area (Å²) >= 11 is 0. The number of hydrogen-bond donors (Lipinski definition) is 1. The number of piperazine rings is 1. The molecule has 94 valence electrons. The molecule has 1 aliphatic rings. The van der Waals surface area contributed by atoms with Gasteiger partial charge in [0.1, 0.15) is 11.5 Å². The maximum Gasteiger partial charge on any atom is 0.152 e. The van der Waals surface area contributed by atoms with Crippen molar-refractivity contribution in [2.45, 2.75) is 25.9 Å². The van der Waals surface area contributed by atoms with Gasteiger partial charge in [-0.15, -0.1) is 0 Å². The number of nitrogens with one attached hydrogen (secondary N) is 1. The van der Waals surface area contributed by atoms with E-state index in [4.69, 9.17) is 0 Å². The number of hydrogen-bond acceptors (Lipinski definition) is 2. The molecule has 1 aromatic rings. The molecule has 0 aromatic heterocycles. The Balaban J connectivity index is 2.38. The average Bonchev–Trinajstić information content (AvgIpc) is 2.21. The van der Waals surface area contributed by atoms with Gasteiger partial charge in [0.2, 0.25) is 0 Å². The van der Waals surface area contributed by atoms with Gasteiger partial charge in [-0.2, -0.15) is 0 Å². The second kappa shape index (κ2) is 4.56. The third-order valence-electron chi connectivity index (χ3n) is 3.03. The smallest absolute Gasteiger partial charge is 0.152 e. The molecule has 1 fully saturated rings. The van der Waals surface area contributed by atoms with Crippen molar-refractivity contribution in [2.24, 2.45) is 0 Å². The Morgan fingerprint density at radius 1 is 1.18 bits per heavy atom. The van der Waals surface area contributed by atoms with Gasteiger partial charge in [-0.1, -0.05) is 0 Å². The summed E-state index contributed by atoms with van der Waals surface area (Å²) in [7, 11) is 0. The van der Waals surface area contributed by atoms with Crippen LogP contribution in [0.1, 0.15) is 13.8 Å². The van der Waals surface area contributed by atoms with Crippen molar-refractivity contribution in [2.75, 3.05) is 18.0 Å². The van der Waals surface area contributed by atoms with Crippen molar-refractivity contribution in [3.8, 4) is 0 Å². The Morgan fingerprint density at radius 3 is 2.35 bits per heavy atom. The van der Waals surface area contributed by atoms with Crippen LogP contribution < -0.4 is 10.2 Å². The predicted octanol–water partition coefficient (Wildman–Crippen LogP) is 2.29. The zero-order valence-electron chi connectivity index (χ0n) is 9.80. The van der Waals surface area contributed by atoms with E-state index >= 15 is 0 Å². The first-order valence-electron chi connectivity index (χ1n) is 5.63. The topological polar surface area (TPSA) is 15.3 Å². The Labute approximate surface area is 98.4 Å². The summed E-state index contributed by atoms with van der Waals surface area (Å²) in [6.07, 6.45) is 0. The SMILES string of the molecule is CC1CN(c2c(F)cc(F)cc2F)C(C)CN1. The number of halogens is 3. The average molecular weight is 244 g/mol. The molecule has 2 unspecified atom stereocenters. The fraction of sp³-hybridized carbons (Fsp3) is 0.500. The zero-order valence-corrected chi connectivity index (χ0v) is 9.80. The standard InChI is InChI=1S/C12H15F3N2/c1-7-6-17(8(2)5-16-7)12-10(14)3-9(13)4-11(12)15/h3-4,7-8,16H,5-6H2,1-2H3. The zero-order chi connectivity index (χ0) is 12.6. The van der Waals surface area contributed by atoms with Crippen molar-refractivity contribution in [1.82, 2.24) is 5.32 Å². The van der Waals surface area contributed by atoms with Crippen LogP contribution >= 0.6 is 0 Å². The highest BCUT2D eigenvalue weighted by Gasteiger charge is 2.27. The molecule has 1 N–H and O–H groups in total. The summed E-state index contributed by atoms with van der Waals surface area (Å²) in [5.74, 6) is -2.58. The quantitative estimate of drug-likeness (QED) is 0.815. The van der Waals surface area contributed by atoms with E-state index in [0.29, 0.717) is 13.1 Å². The highest BCUT2D eigenvalue weighted by molar-refractivity contribution is 5.51. The third-order valence-corrected chi connectivity index (χ3v) is 3.03. The molecular weight excluding hydrogens is 229 g/mol. The first-order valence-corrected chi connectivity index (χ1v) is 5.63. The van der Waals surface area contributed by atoms with Crippen LogP contribution in [0.15, 0.2) is 12.1 Å². The van der Waals surface area contributed by atoms with E-state index in [1.165, 1.54) is 0 Å². The molecule has 0 amide bonds.